The van der Waals surface area contributed by atoms with Gasteiger partial charge in [-0.2, -0.15) is 0 Å². The van der Waals surface area contributed by atoms with Crippen molar-refractivity contribution in [1.82, 2.24) is 9.97 Å². The van der Waals surface area contributed by atoms with Gasteiger partial charge < -0.3 is 4.74 Å². The van der Waals surface area contributed by atoms with Gasteiger partial charge in [-0.15, -0.1) is 11.3 Å². The Hall–Kier alpha value is -6.36. The molecule has 0 radical (unpaired) electrons. The molecule has 51 heavy (non-hydrogen) atoms. The molecule has 0 atom stereocenters. The Kier molecular flexibility index (Phi) is 6.04. The van der Waals surface area contributed by atoms with E-state index in [1.165, 1.54) is 53.6 Å². The van der Waals surface area contributed by atoms with Gasteiger partial charge in [0, 0.05) is 48.0 Å². The van der Waals surface area contributed by atoms with Crippen LogP contribution < -0.4 is 4.74 Å². The van der Waals surface area contributed by atoms with E-state index in [2.05, 4.69) is 146 Å². The Balaban J connectivity index is 1.18. The predicted molar refractivity (Wildman–Crippen MR) is 209 cm³/mol. The normalized spacial score (nSPS) is 13.4. The molecule has 1 aliphatic heterocycles. The van der Waals surface area contributed by atoms with Gasteiger partial charge >= 0.3 is 0 Å². The number of aromatic nitrogens is 2. The Morgan fingerprint density at radius 3 is 1.78 bits per heavy atom. The minimum absolute atomic E-state index is 0.494. The van der Waals surface area contributed by atoms with Crippen LogP contribution in [0.5, 0.6) is 11.5 Å². The lowest BCUT2D eigenvalue weighted by atomic mass is 9.66. The van der Waals surface area contributed by atoms with E-state index < -0.39 is 5.41 Å². The molecule has 0 fully saturated rings. The van der Waals surface area contributed by atoms with Crippen molar-refractivity contribution in [3.05, 3.63) is 192 Å². The first-order valence-corrected chi connectivity index (χ1v) is 18.1. The minimum atomic E-state index is -0.494. The summed E-state index contributed by atoms with van der Waals surface area (Å²) in [5.41, 5.74) is 12.0. The first-order chi connectivity index (χ1) is 25.3. The van der Waals surface area contributed by atoms with Crippen molar-refractivity contribution < 1.29 is 4.74 Å². The molecule has 4 heteroatoms. The summed E-state index contributed by atoms with van der Waals surface area (Å²) in [4.78, 5) is 10.3. The SMILES string of the molecule is c1ccc(-c2cc(-c3cccc4c3sc3cc5c(cc34)Oc3ccccc3C53c4ccccc4-c4ccccc43)nc(-c3ccccc3)n2)cc1. The van der Waals surface area contributed by atoms with Crippen LogP contribution in [0.25, 0.3) is 65.2 Å². The number of para-hydroxylation sites is 1. The highest BCUT2D eigenvalue weighted by atomic mass is 32.1. The molecule has 0 amide bonds. The van der Waals surface area contributed by atoms with Gasteiger partial charge in [-0.05, 0) is 46.5 Å². The van der Waals surface area contributed by atoms with Crippen molar-refractivity contribution in [2.45, 2.75) is 5.41 Å². The minimum Gasteiger partial charge on any atom is -0.457 e. The molecule has 7 aromatic carbocycles. The molecule has 0 N–H and O–H groups in total. The van der Waals surface area contributed by atoms with Crippen LogP contribution in [-0.4, -0.2) is 9.97 Å². The van der Waals surface area contributed by atoms with Gasteiger partial charge in [0.05, 0.1) is 16.8 Å². The second-order valence-corrected chi connectivity index (χ2v) is 14.3. The highest BCUT2D eigenvalue weighted by Crippen LogP contribution is 2.62. The third kappa shape index (κ3) is 4.05. The average Bonchev–Trinajstić information content (AvgIpc) is 3.71. The molecule has 0 unspecified atom stereocenters. The van der Waals surface area contributed by atoms with Crippen LogP contribution in [0.3, 0.4) is 0 Å². The Bertz CT molecular complexity index is 2740. The van der Waals surface area contributed by atoms with Crippen molar-refractivity contribution in [2.24, 2.45) is 0 Å². The molecule has 0 saturated carbocycles. The number of hydrogen-bond donors (Lipinski definition) is 0. The van der Waals surface area contributed by atoms with E-state index in [1.54, 1.807) is 0 Å². The third-order valence-corrected chi connectivity index (χ3v) is 11.8. The van der Waals surface area contributed by atoms with Crippen molar-refractivity contribution >= 4 is 31.5 Å². The molecule has 11 rings (SSSR count). The number of nitrogens with zero attached hydrogens (tertiary/aromatic N) is 2. The lowest BCUT2D eigenvalue weighted by Crippen LogP contribution is -2.32. The van der Waals surface area contributed by atoms with E-state index in [1.807, 2.05) is 35.6 Å². The molecule has 3 heterocycles. The third-order valence-electron chi connectivity index (χ3n) is 10.6. The highest BCUT2D eigenvalue weighted by Gasteiger charge is 2.51. The maximum atomic E-state index is 6.85. The number of ether oxygens (including phenoxy) is 1. The van der Waals surface area contributed by atoms with Crippen LogP contribution in [0.4, 0.5) is 0 Å². The topological polar surface area (TPSA) is 35.0 Å². The summed E-state index contributed by atoms with van der Waals surface area (Å²) in [6.07, 6.45) is 0. The quantitative estimate of drug-likeness (QED) is 0.188. The molecule has 1 aliphatic carbocycles. The van der Waals surface area contributed by atoms with Crippen LogP contribution in [0.2, 0.25) is 0 Å². The fourth-order valence-electron chi connectivity index (χ4n) is 8.41. The summed E-state index contributed by atoms with van der Waals surface area (Å²) in [5, 5.41) is 2.38. The Labute approximate surface area is 299 Å². The number of fused-ring (bicyclic) bond motifs is 12. The van der Waals surface area contributed by atoms with E-state index in [-0.39, 0.29) is 0 Å². The van der Waals surface area contributed by atoms with E-state index >= 15 is 0 Å². The zero-order valence-electron chi connectivity index (χ0n) is 27.4. The Morgan fingerprint density at radius 1 is 0.431 bits per heavy atom. The van der Waals surface area contributed by atoms with E-state index in [9.17, 15) is 0 Å². The Morgan fingerprint density at radius 2 is 1.04 bits per heavy atom. The number of thiophene rings is 1. The fourth-order valence-corrected chi connectivity index (χ4v) is 9.65. The summed E-state index contributed by atoms with van der Waals surface area (Å²) in [6, 6.07) is 60.4. The zero-order chi connectivity index (χ0) is 33.5. The molecular weight excluding hydrogens is 641 g/mol. The number of benzene rings is 7. The standard InChI is InChI=1S/C47H28N2OS/c1-3-14-29(15-4-1)40-28-41(49-46(48-40)30-16-5-2-6-17-30)34-21-13-20-33-35-26-43-39(27-44(35)51-45(33)34)47(38-24-11-12-25-42(38)50-43)36-22-9-7-18-31(36)32-19-8-10-23-37(32)47/h1-28H. The summed E-state index contributed by atoms with van der Waals surface area (Å²) in [7, 11) is 0. The highest BCUT2D eigenvalue weighted by molar-refractivity contribution is 7.26. The number of rotatable bonds is 3. The van der Waals surface area contributed by atoms with Crippen LogP contribution in [-0.2, 0) is 5.41 Å². The lowest BCUT2D eigenvalue weighted by molar-refractivity contribution is 0.437. The van der Waals surface area contributed by atoms with Crippen molar-refractivity contribution in [1.29, 1.82) is 0 Å². The lowest BCUT2D eigenvalue weighted by Gasteiger charge is -2.39. The molecule has 2 aromatic heterocycles. The van der Waals surface area contributed by atoms with Gasteiger partial charge in [-0.25, -0.2) is 9.97 Å². The number of hydrogen-bond acceptors (Lipinski definition) is 4. The maximum absolute atomic E-state index is 6.85. The van der Waals surface area contributed by atoms with Gasteiger partial charge in [-0.1, -0.05) is 146 Å². The van der Waals surface area contributed by atoms with Crippen LogP contribution in [0.15, 0.2) is 170 Å². The smallest absolute Gasteiger partial charge is 0.160 e. The molecule has 238 valence electrons. The first kappa shape index (κ1) is 28.5. The van der Waals surface area contributed by atoms with Crippen LogP contribution >= 0.6 is 11.3 Å². The summed E-state index contributed by atoms with van der Waals surface area (Å²) < 4.78 is 9.27. The monoisotopic (exact) mass is 668 g/mol. The van der Waals surface area contributed by atoms with Gasteiger partial charge in [0.1, 0.15) is 11.5 Å². The van der Waals surface area contributed by atoms with E-state index in [0.717, 1.165) is 39.6 Å². The summed E-state index contributed by atoms with van der Waals surface area (Å²) in [5.74, 6) is 2.52. The maximum Gasteiger partial charge on any atom is 0.160 e. The summed E-state index contributed by atoms with van der Waals surface area (Å²) in [6.45, 7) is 0. The molecule has 1 spiro atoms. The van der Waals surface area contributed by atoms with Gasteiger partial charge in [0.2, 0.25) is 0 Å². The second kappa shape index (κ2) is 10.8. The van der Waals surface area contributed by atoms with E-state index in [4.69, 9.17) is 14.7 Å². The molecule has 0 bridgehead atoms. The van der Waals surface area contributed by atoms with Gasteiger partial charge in [0.15, 0.2) is 5.82 Å². The molecule has 9 aromatic rings. The van der Waals surface area contributed by atoms with Crippen LogP contribution in [0, 0.1) is 0 Å². The first-order valence-electron chi connectivity index (χ1n) is 17.2. The second-order valence-electron chi connectivity index (χ2n) is 13.3. The summed E-state index contributed by atoms with van der Waals surface area (Å²) >= 11 is 1.83. The van der Waals surface area contributed by atoms with Gasteiger partial charge in [0.25, 0.3) is 0 Å². The largest absolute Gasteiger partial charge is 0.457 e. The van der Waals surface area contributed by atoms with Gasteiger partial charge in [-0.3, -0.25) is 0 Å². The van der Waals surface area contributed by atoms with Crippen molar-refractivity contribution in [3.8, 4) is 56.5 Å². The van der Waals surface area contributed by atoms with E-state index in [0.29, 0.717) is 5.82 Å². The molecular formula is C47H28N2OS. The molecule has 2 aliphatic rings. The average molecular weight is 669 g/mol. The fraction of sp³-hybridized carbons (Fsp3) is 0.0213. The molecule has 0 saturated heterocycles. The predicted octanol–water partition coefficient (Wildman–Crippen LogP) is 12.3. The zero-order valence-corrected chi connectivity index (χ0v) is 28.2. The van der Waals surface area contributed by atoms with Crippen molar-refractivity contribution in [3.63, 3.8) is 0 Å². The van der Waals surface area contributed by atoms with Crippen molar-refractivity contribution in [2.75, 3.05) is 0 Å². The van der Waals surface area contributed by atoms with Crippen LogP contribution in [0.1, 0.15) is 22.3 Å². The molecule has 3 nitrogen and oxygen atoms in total.